The van der Waals surface area contributed by atoms with E-state index in [0.29, 0.717) is 36.8 Å². The second-order valence-electron chi connectivity index (χ2n) is 6.87. The molecule has 0 aliphatic carbocycles. The molecule has 1 aromatic carbocycles. The number of esters is 1. The van der Waals surface area contributed by atoms with Crippen molar-refractivity contribution in [2.75, 3.05) is 25.0 Å². The van der Waals surface area contributed by atoms with E-state index in [0.717, 1.165) is 11.1 Å². The first kappa shape index (κ1) is 21.0. The number of carbonyl (C=O) groups is 1. The number of nitrogens with one attached hydrogen (secondary N) is 1. The quantitative estimate of drug-likeness (QED) is 0.553. The van der Waals surface area contributed by atoms with E-state index in [1.54, 1.807) is 43.5 Å². The molecule has 3 rings (SSSR count). The van der Waals surface area contributed by atoms with Crippen molar-refractivity contribution >= 4 is 27.9 Å². The molecule has 1 aliphatic heterocycles. The van der Waals surface area contributed by atoms with Crippen LogP contribution in [0.2, 0.25) is 0 Å². The molecule has 7 nitrogen and oxygen atoms in total. The maximum atomic E-state index is 12.8. The molecule has 0 spiro atoms. The van der Waals surface area contributed by atoms with Crippen LogP contribution in [-0.2, 0) is 19.6 Å². The van der Waals surface area contributed by atoms with Crippen molar-refractivity contribution < 1.29 is 17.9 Å². The van der Waals surface area contributed by atoms with Crippen LogP contribution in [0, 0.1) is 6.92 Å². The molecule has 0 saturated carbocycles. The Morgan fingerprint density at radius 2 is 2.03 bits per heavy atom. The molecule has 0 radical (unpaired) electrons. The highest BCUT2D eigenvalue weighted by Crippen LogP contribution is 2.23. The summed E-state index contributed by atoms with van der Waals surface area (Å²) in [6.45, 7) is 4.88. The number of anilines is 1. The number of hydrogen-bond acceptors (Lipinski definition) is 6. The van der Waals surface area contributed by atoms with Crippen molar-refractivity contribution in [3.63, 3.8) is 0 Å². The molecule has 0 unspecified atom stereocenters. The van der Waals surface area contributed by atoms with Crippen molar-refractivity contribution in [2.24, 2.45) is 0 Å². The molecule has 2 aromatic rings. The molecular weight excluding hydrogens is 390 g/mol. The summed E-state index contributed by atoms with van der Waals surface area (Å²) in [5, 5.41) is 3.28. The molecule has 0 bridgehead atoms. The monoisotopic (exact) mass is 415 g/mol. The molecule has 1 atom stereocenters. The van der Waals surface area contributed by atoms with Crippen molar-refractivity contribution in [2.45, 2.75) is 31.2 Å². The van der Waals surface area contributed by atoms with E-state index in [4.69, 9.17) is 4.74 Å². The minimum absolute atomic E-state index is 0.0105. The Bertz CT molecular complexity index is 970. The third-order valence-corrected chi connectivity index (χ3v) is 6.53. The maximum absolute atomic E-state index is 12.8. The molecule has 29 heavy (non-hydrogen) atoms. The Morgan fingerprint density at radius 1 is 1.28 bits per heavy atom. The van der Waals surface area contributed by atoms with Gasteiger partial charge in [-0.05, 0) is 56.2 Å². The fourth-order valence-corrected chi connectivity index (χ4v) is 4.58. The lowest BCUT2D eigenvalue weighted by atomic mass is 10.2. The van der Waals surface area contributed by atoms with Gasteiger partial charge in [-0.2, -0.15) is 4.31 Å². The zero-order chi connectivity index (χ0) is 20.9. The van der Waals surface area contributed by atoms with Crippen molar-refractivity contribution in [3.8, 4) is 0 Å². The number of pyridine rings is 1. The summed E-state index contributed by atoms with van der Waals surface area (Å²) in [7, 11) is -3.49. The largest absolute Gasteiger partial charge is 0.463 e. The lowest BCUT2D eigenvalue weighted by Gasteiger charge is -2.17. The second-order valence-corrected chi connectivity index (χ2v) is 8.81. The molecule has 1 saturated heterocycles. The maximum Gasteiger partial charge on any atom is 0.330 e. The topological polar surface area (TPSA) is 88.6 Å². The van der Waals surface area contributed by atoms with E-state index in [9.17, 15) is 13.2 Å². The van der Waals surface area contributed by atoms with Gasteiger partial charge in [0.1, 0.15) is 5.82 Å². The molecule has 8 heteroatoms. The van der Waals surface area contributed by atoms with Crippen LogP contribution >= 0.6 is 0 Å². The standard InChI is InChI=1S/C21H25N3O4S/c1-3-28-21(25)11-7-17-6-10-20(22-14-17)23-18-12-13-24(15-18)29(26,27)19-8-4-16(2)5-9-19/h4-11,14,18H,3,12-13,15H2,1-2H3,(H,22,23)/t18-/m1/s1. The summed E-state index contributed by atoms with van der Waals surface area (Å²) in [6, 6.07) is 10.5. The van der Waals surface area contributed by atoms with Crippen molar-refractivity contribution in [1.29, 1.82) is 0 Å². The lowest BCUT2D eigenvalue weighted by Crippen LogP contribution is -2.31. The Kier molecular flexibility index (Phi) is 6.66. The van der Waals surface area contributed by atoms with E-state index < -0.39 is 16.0 Å². The molecule has 1 aromatic heterocycles. The predicted octanol–water partition coefficient (Wildman–Crippen LogP) is 2.84. The first-order chi connectivity index (χ1) is 13.9. The number of nitrogens with zero attached hydrogens (tertiary/aromatic N) is 2. The van der Waals surface area contributed by atoms with E-state index in [2.05, 4.69) is 10.3 Å². The van der Waals surface area contributed by atoms with Crippen LogP contribution in [-0.4, -0.2) is 49.4 Å². The smallest absolute Gasteiger partial charge is 0.330 e. The number of rotatable bonds is 7. The van der Waals surface area contributed by atoms with Gasteiger partial charge in [-0.1, -0.05) is 17.7 Å². The summed E-state index contributed by atoms with van der Waals surface area (Å²) >= 11 is 0. The van der Waals surface area contributed by atoms with Crippen molar-refractivity contribution in [3.05, 3.63) is 59.8 Å². The highest BCUT2D eigenvalue weighted by molar-refractivity contribution is 7.89. The van der Waals surface area contributed by atoms with Gasteiger partial charge in [0.15, 0.2) is 0 Å². The Morgan fingerprint density at radius 3 is 2.69 bits per heavy atom. The van der Waals surface area contributed by atoms with Crippen LogP contribution in [0.4, 0.5) is 5.82 Å². The number of hydrogen-bond donors (Lipinski definition) is 1. The molecular formula is C21H25N3O4S. The average molecular weight is 416 g/mol. The molecule has 1 aliphatic rings. The summed E-state index contributed by atoms with van der Waals surface area (Å²) < 4.78 is 31.9. The van der Waals surface area contributed by atoms with Crippen LogP contribution in [0.1, 0.15) is 24.5 Å². The Hall–Kier alpha value is -2.71. The molecule has 1 N–H and O–H groups in total. The molecule has 2 heterocycles. The molecule has 0 amide bonds. The van der Waals surface area contributed by atoms with Gasteiger partial charge in [0.2, 0.25) is 10.0 Å². The highest BCUT2D eigenvalue weighted by Gasteiger charge is 2.32. The first-order valence-corrected chi connectivity index (χ1v) is 11.0. The summed E-state index contributed by atoms with van der Waals surface area (Å²) in [5.41, 5.74) is 1.80. The van der Waals surface area contributed by atoms with Crippen LogP contribution in [0.25, 0.3) is 6.08 Å². The summed E-state index contributed by atoms with van der Waals surface area (Å²) in [6.07, 6.45) is 5.35. The van der Waals surface area contributed by atoms with Crippen molar-refractivity contribution in [1.82, 2.24) is 9.29 Å². The summed E-state index contributed by atoms with van der Waals surface area (Å²) in [4.78, 5) is 16.0. The normalized spacial score (nSPS) is 17.5. The van der Waals surface area contributed by atoms with Gasteiger partial charge in [-0.3, -0.25) is 0 Å². The molecule has 1 fully saturated rings. The van der Waals surface area contributed by atoms with E-state index >= 15 is 0 Å². The average Bonchev–Trinajstić information content (AvgIpc) is 3.17. The molecule has 154 valence electrons. The first-order valence-electron chi connectivity index (χ1n) is 9.52. The van der Waals surface area contributed by atoms with Gasteiger partial charge in [-0.15, -0.1) is 0 Å². The fraction of sp³-hybridized carbons (Fsp3) is 0.333. The second kappa shape index (κ2) is 9.19. The van der Waals surface area contributed by atoms with Gasteiger partial charge in [0, 0.05) is 31.4 Å². The number of aryl methyl sites for hydroxylation is 1. The number of sulfonamides is 1. The number of ether oxygens (including phenoxy) is 1. The highest BCUT2D eigenvalue weighted by atomic mass is 32.2. The minimum Gasteiger partial charge on any atom is -0.463 e. The summed E-state index contributed by atoms with van der Waals surface area (Å²) in [5.74, 6) is 0.272. The van der Waals surface area contributed by atoms with Crippen LogP contribution in [0.15, 0.2) is 53.6 Å². The number of aromatic nitrogens is 1. The SMILES string of the molecule is CCOC(=O)C=Cc1ccc(N[C@@H]2CCN(S(=O)(=O)c3ccc(C)cc3)C2)nc1. The van der Waals surface area contributed by atoms with E-state index in [1.165, 1.54) is 10.4 Å². The zero-order valence-electron chi connectivity index (χ0n) is 16.5. The fourth-order valence-electron chi connectivity index (χ4n) is 3.08. The number of benzene rings is 1. The lowest BCUT2D eigenvalue weighted by molar-refractivity contribution is -0.137. The third-order valence-electron chi connectivity index (χ3n) is 4.65. The van der Waals surface area contributed by atoms with Crippen LogP contribution in [0.5, 0.6) is 0 Å². The van der Waals surface area contributed by atoms with Gasteiger partial charge in [-0.25, -0.2) is 18.2 Å². The zero-order valence-corrected chi connectivity index (χ0v) is 17.4. The predicted molar refractivity (Wildman–Crippen MR) is 112 cm³/mol. The van der Waals surface area contributed by atoms with Crippen LogP contribution in [0.3, 0.4) is 0 Å². The van der Waals surface area contributed by atoms with Crippen LogP contribution < -0.4 is 5.32 Å². The van der Waals surface area contributed by atoms with E-state index in [1.807, 2.05) is 19.1 Å². The van der Waals surface area contributed by atoms with Gasteiger partial charge >= 0.3 is 5.97 Å². The van der Waals surface area contributed by atoms with Gasteiger partial charge in [0.25, 0.3) is 0 Å². The minimum atomic E-state index is -3.49. The van der Waals surface area contributed by atoms with Gasteiger partial charge < -0.3 is 10.1 Å². The Balaban J connectivity index is 1.58. The van der Waals surface area contributed by atoms with E-state index in [-0.39, 0.29) is 6.04 Å². The van der Waals surface area contributed by atoms with Gasteiger partial charge in [0.05, 0.1) is 11.5 Å². The Labute approximate surface area is 171 Å². The third kappa shape index (κ3) is 5.42. The number of carbonyl (C=O) groups excluding carboxylic acids is 1.